The Balaban J connectivity index is 1.80. The van der Waals surface area contributed by atoms with Gasteiger partial charge < -0.3 is 10.6 Å². The molecular formula is C14H23N3. The lowest BCUT2D eigenvalue weighted by Crippen LogP contribution is -2.47. The number of hydrogen-bond donors (Lipinski definition) is 1. The molecule has 0 aliphatic carbocycles. The van der Waals surface area contributed by atoms with Gasteiger partial charge in [0, 0.05) is 37.4 Å². The van der Waals surface area contributed by atoms with E-state index < -0.39 is 0 Å². The van der Waals surface area contributed by atoms with Crippen molar-refractivity contribution in [3.8, 4) is 0 Å². The number of nitrogens with two attached hydrogens (primary N) is 1. The molecule has 0 aromatic carbocycles. The van der Waals surface area contributed by atoms with Gasteiger partial charge in [-0.05, 0) is 31.0 Å². The summed E-state index contributed by atoms with van der Waals surface area (Å²) in [6.45, 7) is 5.65. The van der Waals surface area contributed by atoms with Crippen LogP contribution in [0, 0.1) is 5.92 Å². The lowest BCUT2D eigenvalue weighted by atomic mass is 9.90. The predicted molar refractivity (Wildman–Crippen MR) is 70.8 cm³/mol. The number of nitrogens with zero attached hydrogens (tertiary/aromatic N) is 2. The molecule has 1 aromatic rings. The van der Waals surface area contributed by atoms with Crippen molar-refractivity contribution >= 4 is 0 Å². The monoisotopic (exact) mass is 233 g/mol. The van der Waals surface area contributed by atoms with Crippen LogP contribution in [0.25, 0.3) is 0 Å². The number of aromatic nitrogens is 1. The van der Waals surface area contributed by atoms with Crippen LogP contribution < -0.4 is 5.73 Å². The van der Waals surface area contributed by atoms with Crippen molar-refractivity contribution in [3.05, 3.63) is 30.1 Å². The first kappa shape index (κ1) is 12.5. The Labute approximate surface area is 104 Å². The molecule has 17 heavy (non-hydrogen) atoms. The second kappa shape index (κ2) is 6.12. The highest BCUT2D eigenvalue weighted by molar-refractivity contribution is 5.03. The predicted octanol–water partition coefficient (Wildman–Crippen LogP) is 1.68. The van der Waals surface area contributed by atoms with Gasteiger partial charge in [0.1, 0.15) is 0 Å². The third-order valence-corrected chi connectivity index (χ3v) is 3.81. The summed E-state index contributed by atoms with van der Waals surface area (Å²) < 4.78 is 0. The fourth-order valence-corrected chi connectivity index (χ4v) is 2.58. The molecule has 1 aliphatic heterocycles. The molecule has 1 fully saturated rings. The minimum atomic E-state index is 0.408. The van der Waals surface area contributed by atoms with Gasteiger partial charge in [0.05, 0.1) is 0 Å². The van der Waals surface area contributed by atoms with Crippen LogP contribution in [0.2, 0.25) is 0 Å². The standard InChI is InChI=1S/C14H23N3/c1-2-12-11-17(10-7-14(12)15)9-6-13-5-3-4-8-16-13/h3-5,8,12,14H,2,6-7,9-11,15H2,1H3. The summed E-state index contributed by atoms with van der Waals surface area (Å²) in [5, 5.41) is 0. The van der Waals surface area contributed by atoms with Crippen LogP contribution in [0.3, 0.4) is 0 Å². The molecule has 2 rings (SSSR count). The molecule has 0 spiro atoms. The summed E-state index contributed by atoms with van der Waals surface area (Å²) >= 11 is 0. The van der Waals surface area contributed by atoms with E-state index in [1.165, 1.54) is 12.1 Å². The van der Waals surface area contributed by atoms with E-state index in [4.69, 9.17) is 5.73 Å². The zero-order valence-electron chi connectivity index (χ0n) is 10.7. The Bertz CT molecular complexity index is 325. The Morgan fingerprint density at radius 2 is 2.35 bits per heavy atom. The average Bonchev–Trinajstić information content (AvgIpc) is 2.39. The highest BCUT2D eigenvalue weighted by Crippen LogP contribution is 2.18. The number of piperidine rings is 1. The van der Waals surface area contributed by atoms with E-state index in [9.17, 15) is 0 Å². The van der Waals surface area contributed by atoms with Gasteiger partial charge in [-0.1, -0.05) is 19.4 Å². The van der Waals surface area contributed by atoms with Crippen LogP contribution in [0.4, 0.5) is 0 Å². The molecule has 0 amide bonds. The smallest absolute Gasteiger partial charge is 0.0416 e. The van der Waals surface area contributed by atoms with Crippen molar-refractivity contribution < 1.29 is 0 Å². The third kappa shape index (κ3) is 3.51. The van der Waals surface area contributed by atoms with Crippen molar-refractivity contribution in [1.82, 2.24) is 9.88 Å². The van der Waals surface area contributed by atoms with Crippen LogP contribution in [0.1, 0.15) is 25.5 Å². The van der Waals surface area contributed by atoms with Gasteiger partial charge in [0.15, 0.2) is 0 Å². The van der Waals surface area contributed by atoms with E-state index in [-0.39, 0.29) is 0 Å². The topological polar surface area (TPSA) is 42.2 Å². The van der Waals surface area contributed by atoms with Gasteiger partial charge in [0.2, 0.25) is 0 Å². The number of likely N-dealkylation sites (tertiary alicyclic amines) is 1. The first-order valence-electron chi connectivity index (χ1n) is 6.67. The van der Waals surface area contributed by atoms with Gasteiger partial charge in [-0.2, -0.15) is 0 Å². The van der Waals surface area contributed by atoms with E-state index in [0.29, 0.717) is 12.0 Å². The molecule has 3 nitrogen and oxygen atoms in total. The molecule has 94 valence electrons. The average molecular weight is 233 g/mol. The Morgan fingerprint density at radius 1 is 1.47 bits per heavy atom. The van der Waals surface area contributed by atoms with Gasteiger partial charge in [-0.25, -0.2) is 0 Å². The van der Waals surface area contributed by atoms with Gasteiger partial charge in [0.25, 0.3) is 0 Å². The maximum Gasteiger partial charge on any atom is 0.0416 e. The molecule has 1 aliphatic rings. The van der Waals surface area contributed by atoms with Crippen molar-refractivity contribution in [2.45, 2.75) is 32.2 Å². The molecule has 0 radical (unpaired) electrons. The highest BCUT2D eigenvalue weighted by atomic mass is 15.1. The molecule has 0 saturated carbocycles. The Kier molecular flexibility index (Phi) is 4.51. The van der Waals surface area contributed by atoms with Gasteiger partial charge >= 0.3 is 0 Å². The lowest BCUT2D eigenvalue weighted by Gasteiger charge is -2.36. The zero-order valence-corrected chi connectivity index (χ0v) is 10.7. The second-order valence-corrected chi connectivity index (χ2v) is 4.99. The van der Waals surface area contributed by atoms with Crippen molar-refractivity contribution in [2.75, 3.05) is 19.6 Å². The largest absolute Gasteiger partial charge is 0.327 e. The van der Waals surface area contributed by atoms with Crippen molar-refractivity contribution in [1.29, 1.82) is 0 Å². The lowest BCUT2D eigenvalue weighted by molar-refractivity contribution is 0.153. The van der Waals surface area contributed by atoms with Crippen LogP contribution in [-0.2, 0) is 6.42 Å². The summed E-state index contributed by atoms with van der Waals surface area (Å²) in [6, 6.07) is 6.54. The summed E-state index contributed by atoms with van der Waals surface area (Å²) in [5.74, 6) is 0.674. The first-order valence-corrected chi connectivity index (χ1v) is 6.67. The summed E-state index contributed by atoms with van der Waals surface area (Å²) in [7, 11) is 0. The summed E-state index contributed by atoms with van der Waals surface area (Å²) in [6.07, 6.45) is 5.25. The minimum absolute atomic E-state index is 0.408. The Morgan fingerprint density at radius 3 is 3.06 bits per heavy atom. The molecule has 2 heterocycles. The van der Waals surface area contributed by atoms with Crippen LogP contribution in [0.15, 0.2) is 24.4 Å². The first-order chi connectivity index (χ1) is 8.29. The van der Waals surface area contributed by atoms with E-state index in [2.05, 4.69) is 28.9 Å². The fourth-order valence-electron chi connectivity index (χ4n) is 2.58. The number of hydrogen-bond acceptors (Lipinski definition) is 3. The van der Waals surface area contributed by atoms with Gasteiger partial charge in [-0.3, -0.25) is 4.98 Å². The maximum atomic E-state index is 6.12. The van der Waals surface area contributed by atoms with Crippen molar-refractivity contribution in [2.24, 2.45) is 11.7 Å². The van der Waals surface area contributed by atoms with Gasteiger partial charge in [-0.15, -0.1) is 0 Å². The Hall–Kier alpha value is -0.930. The number of rotatable bonds is 4. The van der Waals surface area contributed by atoms with Crippen LogP contribution >= 0.6 is 0 Å². The molecule has 2 N–H and O–H groups in total. The van der Waals surface area contributed by atoms with E-state index >= 15 is 0 Å². The highest BCUT2D eigenvalue weighted by Gasteiger charge is 2.24. The van der Waals surface area contributed by atoms with Crippen LogP contribution in [0.5, 0.6) is 0 Å². The number of pyridine rings is 1. The molecule has 3 heteroatoms. The summed E-state index contributed by atoms with van der Waals surface area (Å²) in [4.78, 5) is 6.90. The van der Waals surface area contributed by atoms with E-state index in [1.54, 1.807) is 0 Å². The molecule has 1 aromatic heterocycles. The molecular weight excluding hydrogens is 210 g/mol. The zero-order chi connectivity index (χ0) is 12.1. The fraction of sp³-hybridized carbons (Fsp3) is 0.643. The van der Waals surface area contributed by atoms with E-state index in [0.717, 1.165) is 32.5 Å². The SMILES string of the molecule is CCC1CN(CCc2ccccn2)CCC1N. The minimum Gasteiger partial charge on any atom is -0.327 e. The summed E-state index contributed by atoms with van der Waals surface area (Å²) in [5.41, 5.74) is 7.31. The normalized spacial score (nSPS) is 26.0. The molecule has 1 saturated heterocycles. The second-order valence-electron chi connectivity index (χ2n) is 4.99. The maximum absolute atomic E-state index is 6.12. The van der Waals surface area contributed by atoms with Crippen LogP contribution in [-0.4, -0.2) is 35.6 Å². The van der Waals surface area contributed by atoms with E-state index in [1.807, 2.05) is 12.3 Å². The molecule has 2 atom stereocenters. The third-order valence-electron chi connectivity index (χ3n) is 3.81. The molecule has 0 bridgehead atoms. The van der Waals surface area contributed by atoms with Crippen molar-refractivity contribution in [3.63, 3.8) is 0 Å². The molecule has 2 unspecified atom stereocenters. The quantitative estimate of drug-likeness (QED) is 0.860.